The normalized spacial score (nSPS) is 13.9. The number of fused-ring (bicyclic) bond motifs is 1. The molecule has 11 nitrogen and oxygen atoms in total. The number of ether oxygens (including phenoxy) is 2. The monoisotopic (exact) mass is 453 g/mol. The Bertz CT molecular complexity index is 1200. The van der Waals surface area contributed by atoms with Crippen molar-refractivity contribution in [1.29, 1.82) is 0 Å². The highest BCUT2D eigenvalue weighted by molar-refractivity contribution is 6.03. The van der Waals surface area contributed by atoms with Crippen LogP contribution >= 0.6 is 0 Å². The van der Waals surface area contributed by atoms with Crippen LogP contribution in [0.3, 0.4) is 0 Å². The fraction of sp³-hybridized carbons (Fsp3) is 0.409. The second-order valence-electron chi connectivity index (χ2n) is 7.83. The lowest BCUT2D eigenvalue weighted by atomic mass is 10.2. The van der Waals surface area contributed by atoms with Gasteiger partial charge in [0, 0.05) is 26.0 Å². The number of anilines is 2. The van der Waals surface area contributed by atoms with Crippen molar-refractivity contribution < 1.29 is 14.3 Å². The first-order chi connectivity index (χ1) is 16.0. The molecule has 4 rings (SSSR count). The Morgan fingerprint density at radius 2 is 1.94 bits per heavy atom. The maximum absolute atomic E-state index is 12.9. The average Bonchev–Trinajstić information content (AvgIpc) is 3.33. The smallest absolute Gasteiger partial charge is 0.262 e. The minimum Gasteiger partial charge on any atom is -0.491 e. The highest BCUT2D eigenvalue weighted by atomic mass is 16.5. The molecule has 0 saturated carbocycles. The molecule has 3 heterocycles. The Morgan fingerprint density at radius 3 is 2.64 bits per heavy atom. The number of nitrogens with one attached hydrogen (secondary N) is 1. The van der Waals surface area contributed by atoms with Gasteiger partial charge in [0.1, 0.15) is 5.52 Å². The molecule has 1 aromatic carbocycles. The molecule has 3 N–H and O–H groups in total. The SMILES string of the molecule is COc1c(OCCCN2CCCC2)ccc2c(=O)n(C)c(NC(=O)c3cnc(N)nc3)nc12. The number of benzene rings is 1. The molecule has 2 aromatic heterocycles. The third-order valence-electron chi connectivity index (χ3n) is 5.60. The van der Waals surface area contributed by atoms with Gasteiger partial charge in [-0.15, -0.1) is 0 Å². The van der Waals surface area contributed by atoms with Gasteiger partial charge < -0.3 is 20.1 Å². The lowest BCUT2D eigenvalue weighted by Crippen LogP contribution is -2.25. The van der Waals surface area contributed by atoms with Crippen molar-refractivity contribution in [3.8, 4) is 11.5 Å². The van der Waals surface area contributed by atoms with Gasteiger partial charge in [-0.2, -0.15) is 0 Å². The molecular formula is C22H27N7O4. The van der Waals surface area contributed by atoms with Crippen LogP contribution in [-0.2, 0) is 7.05 Å². The molecule has 0 atom stereocenters. The van der Waals surface area contributed by atoms with E-state index in [2.05, 4.69) is 25.2 Å². The first-order valence-electron chi connectivity index (χ1n) is 10.8. The summed E-state index contributed by atoms with van der Waals surface area (Å²) in [5, 5.41) is 2.98. The molecule has 1 amide bonds. The maximum atomic E-state index is 12.9. The molecule has 1 fully saturated rings. The number of carbonyl (C=O) groups is 1. The Balaban J connectivity index is 1.58. The number of rotatable bonds is 8. The van der Waals surface area contributed by atoms with E-state index in [0.29, 0.717) is 29.0 Å². The standard InChI is InChI=1S/C22H27N7O4/c1-28-20(31)15-6-7-16(33-11-5-10-29-8-3-4-9-29)18(32-2)17(15)26-22(28)27-19(30)14-12-24-21(23)25-13-14/h6-7,12-13H,3-5,8-11H2,1-2H3,(H2,23,24,25)(H,26,27,30). The molecule has 174 valence electrons. The fourth-order valence-corrected chi connectivity index (χ4v) is 3.82. The Hall–Kier alpha value is -3.73. The van der Waals surface area contributed by atoms with Crippen LogP contribution < -0.4 is 26.1 Å². The lowest BCUT2D eigenvalue weighted by molar-refractivity contribution is 0.102. The first kappa shape index (κ1) is 22.5. The van der Waals surface area contributed by atoms with Crippen LogP contribution in [-0.4, -0.2) is 63.7 Å². The van der Waals surface area contributed by atoms with Crippen LogP contribution in [0.15, 0.2) is 29.3 Å². The summed E-state index contributed by atoms with van der Waals surface area (Å²) in [5.74, 6) is 0.429. The minimum absolute atomic E-state index is 0.0545. The Labute approximate surface area is 190 Å². The van der Waals surface area contributed by atoms with Gasteiger partial charge in [-0.3, -0.25) is 19.5 Å². The van der Waals surface area contributed by atoms with E-state index in [9.17, 15) is 9.59 Å². The number of likely N-dealkylation sites (tertiary alicyclic amines) is 1. The predicted molar refractivity (Wildman–Crippen MR) is 124 cm³/mol. The minimum atomic E-state index is -0.523. The molecule has 3 aromatic rings. The summed E-state index contributed by atoms with van der Waals surface area (Å²) in [6, 6.07) is 3.37. The second-order valence-corrected chi connectivity index (χ2v) is 7.83. The van der Waals surface area contributed by atoms with Gasteiger partial charge in [-0.25, -0.2) is 15.0 Å². The van der Waals surface area contributed by atoms with Gasteiger partial charge >= 0.3 is 0 Å². The molecule has 11 heteroatoms. The zero-order valence-electron chi connectivity index (χ0n) is 18.7. The summed E-state index contributed by atoms with van der Waals surface area (Å²) in [4.78, 5) is 40.0. The van der Waals surface area contributed by atoms with Crippen molar-refractivity contribution in [2.75, 3.05) is 44.4 Å². The quantitative estimate of drug-likeness (QED) is 0.485. The Morgan fingerprint density at radius 1 is 1.21 bits per heavy atom. The summed E-state index contributed by atoms with van der Waals surface area (Å²) < 4.78 is 12.8. The molecule has 0 bridgehead atoms. The Kier molecular flexibility index (Phi) is 6.68. The first-order valence-corrected chi connectivity index (χ1v) is 10.8. The summed E-state index contributed by atoms with van der Waals surface area (Å²) in [7, 11) is 3.02. The summed E-state index contributed by atoms with van der Waals surface area (Å²) in [5.41, 5.74) is 5.62. The predicted octanol–water partition coefficient (Wildman–Crippen LogP) is 1.43. The van der Waals surface area contributed by atoms with Crippen molar-refractivity contribution in [3.05, 3.63) is 40.4 Å². The van der Waals surface area contributed by atoms with Crippen LogP contribution in [0.1, 0.15) is 29.6 Å². The van der Waals surface area contributed by atoms with E-state index in [4.69, 9.17) is 15.2 Å². The highest BCUT2D eigenvalue weighted by Crippen LogP contribution is 2.34. The van der Waals surface area contributed by atoms with Gasteiger partial charge in [0.2, 0.25) is 11.9 Å². The van der Waals surface area contributed by atoms with Crippen molar-refractivity contribution in [3.63, 3.8) is 0 Å². The lowest BCUT2D eigenvalue weighted by Gasteiger charge is -2.16. The van der Waals surface area contributed by atoms with E-state index in [1.54, 1.807) is 12.1 Å². The maximum Gasteiger partial charge on any atom is 0.262 e. The fourth-order valence-electron chi connectivity index (χ4n) is 3.82. The summed E-state index contributed by atoms with van der Waals surface area (Å²) >= 11 is 0. The van der Waals surface area contributed by atoms with Gasteiger partial charge in [0.25, 0.3) is 11.5 Å². The van der Waals surface area contributed by atoms with Crippen molar-refractivity contribution in [2.45, 2.75) is 19.3 Å². The molecule has 1 aliphatic rings. The van der Waals surface area contributed by atoms with E-state index in [-0.39, 0.29) is 23.0 Å². The summed E-state index contributed by atoms with van der Waals surface area (Å²) in [6.07, 6.45) is 5.99. The van der Waals surface area contributed by atoms with Crippen molar-refractivity contribution in [2.24, 2.45) is 7.05 Å². The largest absolute Gasteiger partial charge is 0.491 e. The number of carbonyl (C=O) groups excluding carboxylic acids is 1. The molecule has 0 spiro atoms. The van der Waals surface area contributed by atoms with Crippen LogP contribution in [0.5, 0.6) is 11.5 Å². The molecular weight excluding hydrogens is 426 g/mol. The topological polar surface area (TPSA) is 137 Å². The number of hydrogen-bond donors (Lipinski definition) is 2. The number of nitrogens with two attached hydrogens (primary N) is 1. The number of nitrogens with zero attached hydrogens (tertiary/aromatic N) is 5. The highest BCUT2D eigenvalue weighted by Gasteiger charge is 2.19. The number of aromatic nitrogens is 4. The van der Waals surface area contributed by atoms with Crippen LogP contribution in [0.4, 0.5) is 11.9 Å². The van der Waals surface area contributed by atoms with Crippen LogP contribution in [0.2, 0.25) is 0 Å². The molecule has 0 aliphatic carbocycles. The van der Waals surface area contributed by atoms with Gasteiger partial charge in [-0.05, 0) is 44.5 Å². The van der Waals surface area contributed by atoms with Gasteiger partial charge in [-0.1, -0.05) is 0 Å². The molecule has 0 unspecified atom stereocenters. The van der Waals surface area contributed by atoms with Crippen molar-refractivity contribution in [1.82, 2.24) is 24.4 Å². The van der Waals surface area contributed by atoms with Gasteiger partial charge in [0.15, 0.2) is 11.5 Å². The van der Waals surface area contributed by atoms with E-state index in [1.807, 2.05) is 0 Å². The number of methoxy groups -OCH3 is 1. The van der Waals surface area contributed by atoms with E-state index in [1.165, 1.54) is 44.0 Å². The average molecular weight is 454 g/mol. The number of hydrogen-bond acceptors (Lipinski definition) is 9. The third kappa shape index (κ3) is 4.87. The van der Waals surface area contributed by atoms with Crippen LogP contribution in [0.25, 0.3) is 10.9 Å². The molecule has 33 heavy (non-hydrogen) atoms. The molecule has 1 aliphatic heterocycles. The third-order valence-corrected chi connectivity index (χ3v) is 5.60. The van der Waals surface area contributed by atoms with Crippen molar-refractivity contribution >= 4 is 28.7 Å². The number of amides is 1. The molecule has 1 saturated heterocycles. The number of nitrogen functional groups attached to an aromatic ring is 1. The van der Waals surface area contributed by atoms with Crippen LogP contribution in [0, 0.1) is 0 Å². The second kappa shape index (κ2) is 9.82. The van der Waals surface area contributed by atoms with E-state index >= 15 is 0 Å². The summed E-state index contributed by atoms with van der Waals surface area (Å²) in [6.45, 7) is 3.79. The van der Waals surface area contributed by atoms with Gasteiger partial charge in [0.05, 0.1) is 24.7 Å². The van der Waals surface area contributed by atoms with E-state index < -0.39 is 5.91 Å². The molecule has 0 radical (unpaired) electrons. The van der Waals surface area contributed by atoms with E-state index in [0.717, 1.165) is 26.1 Å². The zero-order valence-corrected chi connectivity index (χ0v) is 18.7. The zero-order chi connectivity index (χ0) is 23.4.